The van der Waals surface area contributed by atoms with Crippen LogP contribution in [0.15, 0.2) is 0 Å². The van der Waals surface area contributed by atoms with Crippen LogP contribution >= 0.6 is 0 Å². The highest BCUT2D eigenvalue weighted by atomic mass is 16.9. The van der Waals surface area contributed by atoms with Gasteiger partial charge in [0.25, 0.3) is 0 Å². The van der Waals surface area contributed by atoms with Gasteiger partial charge < -0.3 is 29.2 Å². The Labute approximate surface area is 87.7 Å². The summed E-state index contributed by atoms with van der Waals surface area (Å²) in [5.74, 6) is -2.65. The Morgan fingerprint density at radius 1 is 1.27 bits per heavy atom. The van der Waals surface area contributed by atoms with Gasteiger partial charge in [0, 0.05) is 7.11 Å². The second kappa shape index (κ2) is 3.38. The first-order valence-electron chi connectivity index (χ1n) is 4.84. The minimum absolute atomic E-state index is 0.258. The highest BCUT2D eigenvalue weighted by Gasteiger charge is 2.63. The van der Waals surface area contributed by atoms with E-state index in [9.17, 15) is 5.11 Å². The Balaban J connectivity index is 2.23. The zero-order valence-electron chi connectivity index (χ0n) is 8.97. The van der Waals surface area contributed by atoms with Crippen LogP contribution < -0.4 is 0 Å². The first-order valence-corrected chi connectivity index (χ1v) is 4.84. The number of aliphatic hydroxyl groups is 2. The van der Waals surface area contributed by atoms with Crippen molar-refractivity contribution in [1.29, 1.82) is 0 Å². The topological polar surface area (TPSA) is 77.4 Å². The Hall–Kier alpha value is -0.240. The monoisotopic (exact) mass is 220 g/mol. The molecule has 88 valence electrons. The second-order valence-electron chi connectivity index (χ2n) is 4.19. The fraction of sp³-hybridized carbons (Fsp3) is 1.00. The molecule has 0 spiro atoms. The first-order chi connectivity index (χ1) is 6.92. The largest absolute Gasteiger partial charge is 0.394 e. The van der Waals surface area contributed by atoms with E-state index < -0.39 is 30.1 Å². The molecule has 0 amide bonds. The van der Waals surface area contributed by atoms with Gasteiger partial charge in [-0.15, -0.1) is 0 Å². The molecule has 2 rings (SSSR count). The van der Waals surface area contributed by atoms with Gasteiger partial charge in [0.05, 0.1) is 6.61 Å². The summed E-state index contributed by atoms with van der Waals surface area (Å²) in [6, 6.07) is 0. The molecule has 2 aliphatic rings. The zero-order chi connectivity index (χ0) is 11.3. The molecule has 15 heavy (non-hydrogen) atoms. The summed E-state index contributed by atoms with van der Waals surface area (Å²) < 4.78 is 21.0. The molecule has 2 N–H and O–H groups in total. The lowest BCUT2D eigenvalue weighted by atomic mass is 10.1. The highest BCUT2D eigenvalue weighted by Crippen LogP contribution is 2.42. The molecule has 0 saturated carbocycles. The minimum atomic E-state index is -1.84. The van der Waals surface area contributed by atoms with E-state index in [1.165, 1.54) is 7.11 Å². The first kappa shape index (κ1) is 11.3. The number of ether oxygens (including phenoxy) is 4. The molecule has 0 aromatic rings. The molecule has 0 radical (unpaired) electrons. The molecule has 6 heteroatoms. The van der Waals surface area contributed by atoms with Crippen molar-refractivity contribution in [3.05, 3.63) is 0 Å². The summed E-state index contributed by atoms with van der Waals surface area (Å²) in [7, 11) is 1.31. The smallest absolute Gasteiger partial charge is 0.311 e. The van der Waals surface area contributed by atoms with E-state index in [0.717, 1.165) is 0 Å². The van der Waals surface area contributed by atoms with Gasteiger partial charge in [-0.1, -0.05) is 0 Å². The molecule has 4 atom stereocenters. The quantitative estimate of drug-likeness (QED) is 0.593. The van der Waals surface area contributed by atoms with Crippen LogP contribution in [0.4, 0.5) is 0 Å². The third-order valence-electron chi connectivity index (χ3n) is 2.65. The van der Waals surface area contributed by atoms with Gasteiger partial charge >= 0.3 is 5.97 Å². The lowest BCUT2D eigenvalue weighted by Crippen LogP contribution is -2.44. The molecule has 0 aliphatic carbocycles. The standard InChI is InChI=1S/C9H16O6/c1-8(2)14-6-5(4-10)13-9(11,12-3)7(6)15-8/h5-7,10-11H,4H2,1-3H3/t5-,6-,7-,9-/m1/s1. The molecule has 2 heterocycles. The Bertz CT molecular complexity index is 255. The summed E-state index contributed by atoms with van der Waals surface area (Å²) in [5, 5.41) is 19.0. The summed E-state index contributed by atoms with van der Waals surface area (Å²) >= 11 is 0. The fourth-order valence-corrected chi connectivity index (χ4v) is 2.00. The van der Waals surface area contributed by atoms with E-state index in [1.807, 2.05) is 0 Å². The van der Waals surface area contributed by atoms with Crippen LogP contribution in [0, 0.1) is 0 Å². The average Bonchev–Trinajstić information content (AvgIpc) is 2.61. The molecule has 2 saturated heterocycles. The van der Waals surface area contributed by atoms with Crippen LogP contribution in [0.1, 0.15) is 13.8 Å². The third kappa shape index (κ3) is 1.67. The van der Waals surface area contributed by atoms with Gasteiger partial charge in [0.1, 0.15) is 12.2 Å². The van der Waals surface area contributed by atoms with Crippen LogP contribution in [-0.2, 0) is 18.9 Å². The molecule has 2 fully saturated rings. The van der Waals surface area contributed by atoms with Gasteiger partial charge in [0.15, 0.2) is 11.9 Å². The van der Waals surface area contributed by atoms with E-state index in [1.54, 1.807) is 13.8 Å². The van der Waals surface area contributed by atoms with Crippen LogP contribution in [0.25, 0.3) is 0 Å². The SMILES string of the molecule is CO[C@@]1(O)O[C@H](CO)[C@H]2OC(C)(C)O[C@H]21. The molecule has 0 aromatic carbocycles. The van der Waals surface area contributed by atoms with Crippen molar-refractivity contribution in [3.8, 4) is 0 Å². The van der Waals surface area contributed by atoms with Crippen molar-refractivity contribution < 1.29 is 29.2 Å². The van der Waals surface area contributed by atoms with Crippen molar-refractivity contribution in [3.63, 3.8) is 0 Å². The van der Waals surface area contributed by atoms with Crippen molar-refractivity contribution in [2.75, 3.05) is 13.7 Å². The van der Waals surface area contributed by atoms with Crippen molar-refractivity contribution >= 4 is 0 Å². The van der Waals surface area contributed by atoms with E-state index >= 15 is 0 Å². The van der Waals surface area contributed by atoms with Gasteiger partial charge in [-0.2, -0.15) is 0 Å². The van der Waals surface area contributed by atoms with Crippen molar-refractivity contribution in [1.82, 2.24) is 0 Å². The average molecular weight is 220 g/mol. The lowest BCUT2D eigenvalue weighted by Gasteiger charge is -2.27. The van der Waals surface area contributed by atoms with E-state index in [2.05, 4.69) is 0 Å². The Kier molecular flexibility index (Phi) is 2.53. The summed E-state index contributed by atoms with van der Waals surface area (Å²) in [4.78, 5) is 0. The zero-order valence-corrected chi connectivity index (χ0v) is 8.97. The summed E-state index contributed by atoms with van der Waals surface area (Å²) in [5.41, 5.74) is 0. The van der Waals surface area contributed by atoms with E-state index in [0.29, 0.717) is 0 Å². The van der Waals surface area contributed by atoms with Crippen LogP contribution in [0.5, 0.6) is 0 Å². The maximum Gasteiger partial charge on any atom is 0.311 e. The normalized spacial score (nSPS) is 48.2. The number of aliphatic hydroxyl groups excluding tert-OH is 1. The lowest BCUT2D eigenvalue weighted by molar-refractivity contribution is -0.382. The Morgan fingerprint density at radius 2 is 1.93 bits per heavy atom. The maximum absolute atomic E-state index is 9.94. The van der Waals surface area contributed by atoms with Gasteiger partial charge in [-0.05, 0) is 13.8 Å². The van der Waals surface area contributed by atoms with E-state index in [4.69, 9.17) is 24.1 Å². The van der Waals surface area contributed by atoms with Gasteiger partial charge in [0.2, 0.25) is 0 Å². The molecule has 0 bridgehead atoms. The predicted molar refractivity (Wildman–Crippen MR) is 47.7 cm³/mol. The Morgan fingerprint density at radius 3 is 2.47 bits per heavy atom. The number of hydrogen-bond acceptors (Lipinski definition) is 6. The molecule has 0 unspecified atom stereocenters. The van der Waals surface area contributed by atoms with Crippen LogP contribution in [0.3, 0.4) is 0 Å². The van der Waals surface area contributed by atoms with Gasteiger partial charge in [-0.25, -0.2) is 0 Å². The number of hydrogen-bond donors (Lipinski definition) is 2. The highest BCUT2D eigenvalue weighted by molar-refractivity contribution is 4.97. The molecule has 6 nitrogen and oxygen atoms in total. The molecular formula is C9H16O6. The number of fused-ring (bicyclic) bond motifs is 1. The van der Waals surface area contributed by atoms with Crippen LogP contribution in [0.2, 0.25) is 0 Å². The number of rotatable bonds is 2. The predicted octanol–water partition coefficient (Wildman–Crippen LogP) is -0.810. The second-order valence-corrected chi connectivity index (χ2v) is 4.19. The molecule has 0 aromatic heterocycles. The minimum Gasteiger partial charge on any atom is -0.394 e. The van der Waals surface area contributed by atoms with Crippen molar-refractivity contribution in [2.24, 2.45) is 0 Å². The number of methoxy groups -OCH3 is 1. The van der Waals surface area contributed by atoms with Gasteiger partial charge in [-0.3, -0.25) is 0 Å². The molecular weight excluding hydrogens is 204 g/mol. The summed E-state index contributed by atoms with van der Waals surface area (Å²) in [6.07, 6.45) is -1.90. The summed E-state index contributed by atoms with van der Waals surface area (Å²) in [6.45, 7) is 3.21. The van der Waals surface area contributed by atoms with Crippen LogP contribution in [-0.4, -0.2) is 54.0 Å². The third-order valence-corrected chi connectivity index (χ3v) is 2.65. The van der Waals surface area contributed by atoms with Crippen molar-refractivity contribution in [2.45, 2.75) is 43.9 Å². The maximum atomic E-state index is 9.94. The van der Waals surface area contributed by atoms with E-state index in [-0.39, 0.29) is 6.61 Å². The molecule has 2 aliphatic heterocycles. The fourth-order valence-electron chi connectivity index (χ4n) is 2.00.